The van der Waals surface area contributed by atoms with E-state index in [1.807, 2.05) is 0 Å². The third kappa shape index (κ3) is 3.03. The SMILES string of the molecule is O=c1cc(NCC2CNCCO2)nc[nH]1. The number of hydrogen-bond donors (Lipinski definition) is 3. The summed E-state index contributed by atoms with van der Waals surface area (Å²) in [4.78, 5) is 17.4. The molecule has 1 saturated heterocycles. The zero-order valence-electron chi connectivity index (χ0n) is 8.32. The molecular weight excluding hydrogens is 196 g/mol. The second-order valence-electron chi connectivity index (χ2n) is 3.37. The van der Waals surface area contributed by atoms with Crippen LogP contribution in [-0.2, 0) is 4.74 Å². The standard InChI is InChI=1S/C9H14N4O2/c14-9-3-8(12-6-13-9)11-5-7-4-10-1-2-15-7/h3,6-7,10H,1-2,4-5H2,(H2,11,12,13,14). The molecule has 82 valence electrons. The zero-order chi connectivity index (χ0) is 10.5. The zero-order valence-corrected chi connectivity index (χ0v) is 8.32. The molecule has 0 aromatic carbocycles. The van der Waals surface area contributed by atoms with Crippen molar-refractivity contribution in [3.63, 3.8) is 0 Å². The molecule has 15 heavy (non-hydrogen) atoms. The van der Waals surface area contributed by atoms with Crippen LogP contribution >= 0.6 is 0 Å². The lowest BCUT2D eigenvalue weighted by Gasteiger charge is -2.23. The lowest BCUT2D eigenvalue weighted by atomic mass is 10.3. The van der Waals surface area contributed by atoms with Gasteiger partial charge in [0.05, 0.1) is 19.0 Å². The Bertz CT molecular complexity index is 359. The Kier molecular flexibility index (Phi) is 3.31. The molecule has 1 aliphatic rings. The Labute approximate surface area is 87.1 Å². The Balaban J connectivity index is 1.84. The van der Waals surface area contributed by atoms with Gasteiger partial charge in [0.2, 0.25) is 0 Å². The molecule has 1 atom stereocenters. The quantitative estimate of drug-likeness (QED) is 0.607. The Morgan fingerprint density at radius 3 is 3.33 bits per heavy atom. The van der Waals surface area contributed by atoms with Crippen molar-refractivity contribution in [3.05, 3.63) is 22.7 Å². The van der Waals surface area contributed by atoms with E-state index < -0.39 is 0 Å². The first-order valence-corrected chi connectivity index (χ1v) is 4.95. The van der Waals surface area contributed by atoms with Crippen LogP contribution < -0.4 is 16.2 Å². The summed E-state index contributed by atoms with van der Waals surface area (Å²) in [7, 11) is 0. The van der Waals surface area contributed by atoms with Crippen molar-refractivity contribution in [2.75, 3.05) is 31.6 Å². The van der Waals surface area contributed by atoms with E-state index >= 15 is 0 Å². The first kappa shape index (κ1) is 10.1. The van der Waals surface area contributed by atoms with Gasteiger partial charge < -0.3 is 20.4 Å². The van der Waals surface area contributed by atoms with Gasteiger partial charge in [-0.05, 0) is 0 Å². The third-order valence-electron chi connectivity index (χ3n) is 2.19. The molecule has 0 saturated carbocycles. The van der Waals surface area contributed by atoms with E-state index in [4.69, 9.17) is 4.74 Å². The number of morpholine rings is 1. The fourth-order valence-corrected chi connectivity index (χ4v) is 1.43. The van der Waals surface area contributed by atoms with Gasteiger partial charge in [0.1, 0.15) is 5.82 Å². The van der Waals surface area contributed by atoms with E-state index in [0.29, 0.717) is 12.4 Å². The summed E-state index contributed by atoms with van der Waals surface area (Å²) in [6, 6.07) is 1.43. The molecule has 6 nitrogen and oxygen atoms in total. The molecule has 0 aliphatic carbocycles. The van der Waals surface area contributed by atoms with Crippen molar-refractivity contribution < 1.29 is 4.74 Å². The summed E-state index contributed by atoms with van der Waals surface area (Å²) in [5.74, 6) is 0.577. The van der Waals surface area contributed by atoms with Crippen molar-refractivity contribution in [1.29, 1.82) is 0 Å². The highest BCUT2D eigenvalue weighted by atomic mass is 16.5. The summed E-state index contributed by atoms with van der Waals surface area (Å²) in [6.07, 6.45) is 1.52. The van der Waals surface area contributed by atoms with Crippen molar-refractivity contribution in [1.82, 2.24) is 15.3 Å². The average molecular weight is 210 g/mol. The van der Waals surface area contributed by atoms with Crippen LogP contribution in [0.2, 0.25) is 0 Å². The molecular formula is C9H14N4O2. The first-order valence-electron chi connectivity index (χ1n) is 4.95. The van der Waals surface area contributed by atoms with E-state index in [-0.39, 0.29) is 11.7 Å². The molecule has 0 spiro atoms. The molecule has 0 amide bonds. The lowest BCUT2D eigenvalue weighted by molar-refractivity contribution is 0.0372. The average Bonchev–Trinajstić information content (AvgIpc) is 2.28. The van der Waals surface area contributed by atoms with Crippen molar-refractivity contribution in [2.45, 2.75) is 6.10 Å². The largest absolute Gasteiger partial charge is 0.374 e. The fraction of sp³-hybridized carbons (Fsp3) is 0.556. The summed E-state index contributed by atoms with van der Waals surface area (Å²) in [6.45, 7) is 3.12. The highest BCUT2D eigenvalue weighted by Gasteiger charge is 2.12. The number of H-pyrrole nitrogens is 1. The Hall–Kier alpha value is -1.40. The summed E-state index contributed by atoms with van der Waals surface area (Å²) in [5.41, 5.74) is -0.157. The molecule has 1 aliphatic heterocycles. The maximum atomic E-state index is 11.0. The molecule has 1 aromatic rings. The normalized spacial score (nSPS) is 21.2. The van der Waals surface area contributed by atoms with Gasteiger partial charge in [-0.2, -0.15) is 0 Å². The van der Waals surface area contributed by atoms with Gasteiger partial charge in [-0.25, -0.2) is 4.98 Å². The summed E-state index contributed by atoms with van der Waals surface area (Å²) in [5, 5.41) is 6.29. The van der Waals surface area contributed by atoms with Crippen molar-refractivity contribution in [2.24, 2.45) is 0 Å². The van der Waals surface area contributed by atoms with Crippen LogP contribution in [-0.4, -0.2) is 42.3 Å². The number of aromatic amines is 1. The van der Waals surface area contributed by atoms with Crippen LogP contribution in [0.5, 0.6) is 0 Å². The van der Waals surface area contributed by atoms with Gasteiger partial charge in [-0.3, -0.25) is 4.79 Å². The molecule has 1 fully saturated rings. The second kappa shape index (κ2) is 4.90. The summed E-state index contributed by atoms with van der Waals surface area (Å²) < 4.78 is 5.49. The fourth-order valence-electron chi connectivity index (χ4n) is 1.43. The van der Waals surface area contributed by atoms with Crippen LogP contribution in [0.1, 0.15) is 0 Å². The van der Waals surface area contributed by atoms with E-state index in [0.717, 1.165) is 19.7 Å². The molecule has 1 unspecified atom stereocenters. The first-order chi connectivity index (χ1) is 7.34. The third-order valence-corrected chi connectivity index (χ3v) is 2.19. The number of hydrogen-bond acceptors (Lipinski definition) is 5. The predicted octanol–water partition coefficient (Wildman–Crippen LogP) is -0.830. The minimum atomic E-state index is -0.157. The summed E-state index contributed by atoms with van der Waals surface area (Å²) >= 11 is 0. The van der Waals surface area contributed by atoms with E-state index in [1.54, 1.807) is 0 Å². The molecule has 1 aromatic heterocycles. The predicted molar refractivity (Wildman–Crippen MR) is 56.0 cm³/mol. The van der Waals surface area contributed by atoms with Gasteiger partial charge in [-0.15, -0.1) is 0 Å². The Morgan fingerprint density at radius 1 is 1.67 bits per heavy atom. The van der Waals surface area contributed by atoms with Gasteiger partial charge >= 0.3 is 0 Å². The van der Waals surface area contributed by atoms with Crippen LogP contribution in [0.4, 0.5) is 5.82 Å². The maximum absolute atomic E-state index is 11.0. The number of rotatable bonds is 3. The van der Waals surface area contributed by atoms with Crippen molar-refractivity contribution >= 4 is 5.82 Å². The maximum Gasteiger partial charge on any atom is 0.252 e. The van der Waals surface area contributed by atoms with Crippen molar-refractivity contribution in [3.8, 4) is 0 Å². The van der Waals surface area contributed by atoms with Crippen LogP contribution in [0, 0.1) is 0 Å². The van der Waals surface area contributed by atoms with Crippen LogP contribution in [0.25, 0.3) is 0 Å². The molecule has 2 heterocycles. The molecule has 0 bridgehead atoms. The lowest BCUT2D eigenvalue weighted by Crippen LogP contribution is -2.42. The number of aromatic nitrogens is 2. The molecule has 6 heteroatoms. The smallest absolute Gasteiger partial charge is 0.252 e. The van der Waals surface area contributed by atoms with Gasteiger partial charge in [0.25, 0.3) is 5.56 Å². The second-order valence-corrected chi connectivity index (χ2v) is 3.37. The Morgan fingerprint density at radius 2 is 2.60 bits per heavy atom. The van der Waals surface area contributed by atoms with Crippen LogP contribution in [0.3, 0.4) is 0 Å². The number of anilines is 1. The van der Waals surface area contributed by atoms with Gasteiger partial charge in [0, 0.05) is 25.7 Å². The minimum absolute atomic E-state index is 0.139. The molecule has 3 N–H and O–H groups in total. The minimum Gasteiger partial charge on any atom is -0.374 e. The van der Waals surface area contributed by atoms with E-state index in [9.17, 15) is 4.79 Å². The highest BCUT2D eigenvalue weighted by molar-refractivity contribution is 5.31. The monoisotopic (exact) mass is 210 g/mol. The van der Waals surface area contributed by atoms with Crippen LogP contribution in [0.15, 0.2) is 17.2 Å². The molecule has 0 radical (unpaired) electrons. The number of nitrogens with one attached hydrogen (secondary N) is 3. The number of nitrogens with zero attached hydrogens (tertiary/aromatic N) is 1. The topological polar surface area (TPSA) is 79.0 Å². The van der Waals surface area contributed by atoms with Gasteiger partial charge in [0.15, 0.2) is 0 Å². The molecule has 2 rings (SSSR count). The van der Waals surface area contributed by atoms with E-state index in [1.165, 1.54) is 12.4 Å². The highest BCUT2D eigenvalue weighted by Crippen LogP contribution is 1.99. The van der Waals surface area contributed by atoms with E-state index in [2.05, 4.69) is 20.6 Å². The van der Waals surface area contributed by atoms with Gasteiger partial charge in [-0.1, -0.05) is 0 Å². The number of ether oxygens (including phenoxy) is 1.